The molecule has 0 N–H and O–H groups in total. The molecule has 1 unspecified atom stereocenters. The second kappa shape index (κ2) is 9.51. The maximum Gasteiger partial charge on any atom is 0.742 e. The highest BCUT2D eigenvalue weighted by atomic mass is 28.4. The lowest BCUT2D eigenvalue weighted by atomic mass is 10.2. The number of benzene rings is 2. The van der Waals surface area contributed by atoms with Gasteiger partial charge in [-0.25, -0.2) is 0 Å². The Morgan fingerprint density at radius 3 is 2.12 bits per heavy atom. The van der Waals surface area contributed by atoms with Crippen molar-refractivity contribution in [1.29, 1.82) is 0 Å². The van der Waals surface area contributed by atoms with Crippen LogP contribution in [0.1, 0.15) is 26.3 Å². The molecule has 0 fully saturated rings. The van der Waals surface area contributed by atoms with Gasteiger partial charge in [-0.05, 0) is 18.2 Å². The number of carbonyl (C=O) groups is 3. The molecule has 0 aromatic heterocycles. The first kappa shape index (κ1) is 23.4. The van der Waals surface area contributed by atoms with Crippen molar-refractivity contribution >= 4 is 45.6 Å². The first-order valence-corrected chi connectivity index (χ1v) is 13.7. The molecule has 10 heteroatoms. The third kappa shape index (κ3) is 4.98. The Hall–Kier alpha value is -3.22. The lowest BCUT2D eigenvalue weighted by Crippen LogP contribution is -2.60. The molecule has 2 aromatic carbocycles. The van der Waals surface area contributed by atoms with Crippen molar-refractivity contribution < 1.29 is 36.5 Å². The van der Waals surface area contributed by atoms with Gasteiger partial charge < -0.3 is 22.1 Å². The molecular weight excluding hydrogens is 448 g/mol. The van der Waals surface area contributed by atoms with Gasteiger partial charge in [-0.2, -0.15) is 0 Å². The van der Waals surface area contributed by atoms with Gasteiger partial charge in [-0.15, -0.1) is 6.58 Å². The smallest absolute Gasteiger partial charge is 0.517 e. The molecule has 3 rings (SSSR count). The fraction of sp³-hybridized carbons (Fsp3) is 0.227. The van der Waals surface area contributed by atoms with Gasteiger partial charge in [0, 0.05) is 37.6 Å². The van der Waals surface area contributed by atoms with Crippen molar-refractivity contribution in [3.63, 3.8) is 0 Å². The minimum absolute atomic E-state index is 0.211. The Morgan fingerprint density at radius 2 is 1.59 bits per heavy atom. The average Bonchev–Trinajstić information content (AvgIpc) is 2.72. The normalized spacial score (nSPS) is 17.3. The van der Waals surface area contributed by atoms with Crippen LogP contribution in [0.15, 0.2) is 61.2 Å². The first-order valence-electron chi connectivity index (χ1n) is 9.91. The number of rotatable bonds is 7. The van der Waals surface area contributed by atoms with Crippen LogP contribution in [0.25, 0.3) is 0 Å². The van der Waals surface area contributed by atoms with Gasteiger partial charge in [0.25, 0.3) is 17.9 Å². The number of hydrogen-bond acceptors (Lipinski definition) is 8. The van der Waals surface area contributed by atoms with Gasteiger partial charge in [0.2, 0.25) is 0 Å². The van der Waals surface area contributed by atoms with Crippen LogP contribution in [0.5, 0.6) is 5.75 Å². The summed E-state index contributed by atoms with van der Waals surface area (Å²) in [6, 6.07) is 15.1. The van der Waals surface area contributed by atoms with Crippen LogP contribution in [-0.2, 0) is 38.7 Å². The molecule has 1 heterocycles. The molecule has 168 valence electrons. The Morgan fingerprint density at radius 1 is 1.00 bits per heavy atom. The molecule has 1 aliphatic rings. The van der Waals surface area contributed by atoms with Gasteiger partial charge >= 0.3 is 17.4 Å². The highest BCUT2D eigenvalue weighted by Crippen LogP contribution is 2.31. The zero-order valence-electron chi connectivity index (χ0n) is 18.1. The van der Waals surface area contributed by atoms with E-state index in [1.165, 1.54) is 0 Å². The van der Waals surface area contributed by atoms with Gasteiger partial charge in [-0.3, -0.25) is 14.4 Å². The first-order chi connectivity index (χ1) is 15.2. The largest absolute Gasteiger partial charge is 0.742 e. The summed E-state index contributed by atoms with van der Waals surface area (Å²) in [6.45, 7) is 7.50. The van der Waals surface area contributed by atoms with Gasteiger partial charge in [0.05, 0.1) is 11.8 Å². The van der Waals surface area contributed by atoms with E-state index in [9.17, 15) is 14.4 Å². The zero-order chi connectivity index (χ0) is 23.4. The molecule has 0 radical (unpaired) electrons. The molecule has 0 saturated heterocycles. The minimum atomic E-state index is -4.20. The van der Waals surface area contributed by atoms with E-state index in [0.717, 1.165) is 26.0 Å². The van der Waals surface area contributed by atoms with Gasteiger partial charge in [0.15, 0.2) is 0 Å². The highest BCUT2D eigenvalue weighted by Gasteiger charge is 2.55. The number of fused-ring (bicyclic) bond motifs is 1. The second-order valence-corrected chi connectivity index (χ2v) is 12.4. The van der Waals surface area contributed by atoms with Crippen molar-refractivity contribution in [3.8, 4) is 5.75 Å². The monoisotopic (exact) mass is 472 g/mol. The molecule has 1 atom stereocenters. The highest BCUT2D eigenvalue weighted by molar-refractivity contribution is 6.82. The molecule has 0 bridgehead atoms. The summed E-state index contributed by atoms with van der Waals surface area (Å²) in [5.41, 5.74) is 0.647. The predicted molar refractivity (Wildman–Crippen MR) is 119 cm³/mol. The predicted octanol–water partition coefficient (Wildman–Crippen LogP) is 1.97. The summed E-state index contributed by atoms with van der Waals surface area (Å²) >= 11 is 0. The van der Waals surface area contributed by atoms with E-state index in [0.29, 0.717) is 17.4 Å². The summed E-state index contributed by atoms with van der Waals surface area (Å²) in [7, 11) is -7.01. The maximum atomic E-state index is 11.8. The average molecular weight is 473 g/mol. The standard InChI is InChI=1S/C22H24O8Si2/c1-5-13-31(20-9-7-6-8-10-20)26-15-19-14-21(11-12-22(19)30-31)32(27-16(2)23,28-17(3)24)29-18(4)25/h5-12,14H,1,13,15H2,2-4H3. The molecule has 0 aliphatic carbocycles. The van der Waals surface area contributed by atoms with Crippen molar-refractivity contribution in [3.05, 3.63) is 66.7 Å². The van der Waals surface area contributed by atoms with Crippen LogP contribution in [0, 0.1) is 0 Å². The third-order valence-electron chi connectivity index (χ3n) is 4.61. The van der Waals surface area contributed by atoms with Crippen molar-refractivity contribution in [2.45, 2.75) is 33.4 Å². The molecule has 2 aromatic rings. The van der Waals surface area contributed by atoms with Crippen LogP contribution in [-0.4, -0.2) is 35.3 Å². The van der Waals surface area contributed by atoms with E-state index in [2.05, 4.69) is 6.58 Å². The second-order valence-electron chi connectivity index (χ2n) is 7.16. The van der Waals surface area contributed by atoms with E-state index in [4.69, 9.17) is 22.1 Å². The molecule has 0 spiro atoms. The van der Waals surface area contributed by atoms with Crippen molar-refractivity contribution in [2.75, 3.05) is 0 Å². The van der Waals surface area contributed by atoms with E-state index in [-0.39, 0.29) is 11.8 Å². The van der Waals surface area contributed by atoms with Crippen LogP contribution < -0.4 is 14.8 Å². The molecule has 1 aliphatic heterocycles. The fourth-order valence-corrected chi connectivity index (χ4v) is 8.49. The Bertz CT molecular complexity index is 999. The minimum Gasteiger partial charge on any atom is -0.517 e. The number of carbonyl (C=O) groups excluding carboxylic acids is 3. The van der Waals surface area contributed by atoms with Crippen molar-refractivity contribution in [2.24, 2.45) is 0 Å². The number of hydrogen-bond donors (Lipinski definition) is 0. The van der Waals surface area contributed by atoms with E-state index in [1.807, 2.05) is 30.3 Å². The van der Waals surface area contributed by atoms with Crippen molar-refractivity contribution in [1.82, 2.24) is 0 Å². The Kier molecular flexibility index (Phi) is 6.97. The summed E-state index contributed by atoms with van der Waals surface area (Å²) in [4.78, 5) is 35.3. The zero-order valence-corrected chi connectivity index (χ0v) is 20.1. The topological polar surface area (TPSA) is 97.4 Å². The molecule has 8 nitrogen and oxygen atoms in total. The summed E-state index contributed by atoms with van der Waals surface area (Å²) in [5.74, 6) is -1.64. The maximum absolute atomic E-state index is 11.8. The lowest BCUT2D eigenvalue weighted by Gasteiger charge is -2.36. The summed E-state index contributed by atoms with van der Waals surface area (Å²) in [6.07, 6.45) is 1.78. The van der Waals surface area contributed by atoms with Crippen LogP contribution >= 0.6 is 0 Å². The third-order valence-corrected chi connectivity index (χ3v) is 10.5. The molecule has 0 saturated carbocycles. The molecule has 0 amide bonds. The summed E-state index contributed by atoms with van der Waals surface area (Å²) in [5, 5.41) is 1.24. The van der Waals surface area contributed by atoms with Gasteiger partial charge in [-0.1, -0.05) is 36.4 Å². The van der Waals surface area contributed by atoms with E-state index < -0.39 is 35.3 Å². The van der Waals surface area contributed by atoms with Crippen LogP contribution in [0.2, 0.25) is 6.04 Å². The van der Waals surface area contributed by atoms with Crippen LogP contribution in [0.3, 0.4) is 0 Å². The summed E-state index contributed by atoms with van der Waals surface area (Å²) < 4.78 is 28.6. The molecule has 32 heavy (non-hydrogen) atoms. The Labute approximate surface area is 188 Å². The Balaban J connectivity index is 2.04. The SMILES string of the molecule is C=CC[Si]1(c2ccccc2)OCc2cc([Si](OC(C)=O)(OC(C)=O)OC(C)=O)ccc2O1. The van der Waals surface area contributed by atoms with Gasteiger partial charge in [0.1, 0.15) is 5.75 Å². The van der Waals surface area contributed by atoms with Crippen LogP contribution in [0.4, 0.5) is 0 Å². The fourth-order valence-electron chi connectivity index (χ4n) is 3.43. The number of allylic oxidation sites excluding steroid dienone is 1. The van der Waals surface area contributed by atoms with E-state index >= 15 is 0 Å². The van der Waals surface area contributed by atoms with E-state index in [1.54, 1.807) is 24.3 Å². The molecular formula is C22H24O8Si2. The quantitative estimate of drug-likeness (QED) is 0.446. The lowest BCUT2D eigenvalue weighted by molar-refractivity contribution is -0.146.